The summed E-state index contributed by atoms with van der Waals surface area (Å²) in [6.45, 7) is 1.18. The minimum absolute atomic E-state index is 0.0807. The zero-order valence-electron chi connectivity index (χ0n) is 11.8. The van der Waals surface area contributed by atoms with Gasteiger partial charge in [0.05, 0.1) is 30.0 Å². The number of carbonyl (C=O) groups excluding carboxylic acids is 1. The molecule has 1 saturated heterocycles. The van der Waals surface area contributed by atoms with Crippen molar-refractivity contribution in [2.45, 2.75) is 37.8 Å². The lowest BCUT2D eigenvalue weighted by molar-refractivity contribution is -0.00891. The van der Waals surface area contributed by atoms with Crippen LogP contribution in [0.5, 0.6) is 0 Å². The van der Waals surface area contributed by atoms with Crippen LogP contribution < -0.4 is 16.4 Å². The Hall–Kier alpha value is -1.82. The Labute approximate surface area is 123 Å². The molecule has 1 aromatic rings. The molecule has 21 heavy (non-hydrogen) atoms. The Balaban J connectivity index is 1.98. The van der Waals surface area contributed by atoms with E-state index in [0.717, 1.165) is 25.7 Å². The van der Waals surface area contributed by atoms with Crippen molar-refractivity contribution in [2.75, 3.05) is 23.8 Å². The number of morpholine rings is 1. The van der Waals surface area contributed by atoms with Crippen LogP contribution in [0.1, 0.15) is 36.0 Å². The van der Waals surface area contributed by atoms with Crippen molar-refractivity contribution in [2.24, 2.45) is 5.73 Å². The van der Waals surface area contributed by atoms with Gasteiger partial charge in [-0.25, -0.2) is 4.39 Å². The number of nitrogens with two attached hydrogens (primary N) is 2. The van der Waals surface area contributed by atoms with Gasteiger partial charge in [0.25, 0.3) is 5.91 Å². The topological polar surface area (TPSA) is 81.6 Å². The monoisotopic (exact) mass is 293 g/mol. The Morgan fingerprint density at radius 1 is 1.33 bits per heavy atom. The van der Waals surface area contributed by atoms with Crippen LogP contribution in [0.2, 0.25) is 0 Å². The second kappa shape index (κ2) is 5.52. The van der Waals surface area contributed by atoms with Crippen LogP contribution in [0.25, 0.3) is 0 Å². The van der Waals surface area contributed by atoms with E-state index in [1.54, 1.807) is 0 Å². The van der Waals surface area contributed by atoms with Crippen molar-refractivity contribution in [1.29, 1.82) is 0 Å². The predicted molar refractivity (Wildman–Crippen MR) is 78.7 cm³/mol. The first-order valence-corrected chi connectivity index (χ1v) is 7.35. The normalized spacial score (nSPS) is 25.5. The molecule has 6 heteroatoms. The first-order chi connectivity index (χ1) is 10.1. The molecule has 0 spiro atoms. The highest BCUT2D eigenvalue weighted by atomic mass is 19.1. The van der Waals surface area contributed by atoms with Crippen LogP contribution in [0.15, 0.2) is 12.1 Å². The third-order valence-electron chi connectivity index (χ3n) is 4.43. The molecular weight excluding hydrogens is 273 g/mol. The first kappa shape index (κ1) is 14.1. The van der Waals surface area contributed by atoms with Crippen molar-refractivity contribution >= 4 is 17.3 Å². The van der Waals surface area contributed by atoms with E-state index in [9.17, 15) is 9.18 Å². The number of amides is 1. The Kier molecular flexibility index (Phi) is 3.71. The second-order valence-electron chi connectivity index (χ2n) is 5.71. The van der Waals surface area contributed by atoms with E-state index >= 15 is 0 Å². The molecule has 2 atom stereocenters. The number of hydrogen-bond acceptors (Lipinski definition) is 4. The number of ether oxygens (including phenoxy) is 1. The number of halogens is 1. The molecule has 0 radical (unpaired) electrons. The lowest BCUT2D eigenvalue weighted by atomic mass is 9.89. The molecule has 0 bridgehead atoms. The van der Waals surface area contributed by atoms with Crippen LogP contribution in [-0.2, 0) is 4.74 Å². The molecule has 2 fully saturated rings. The number of fused-ring (bicyclic) bond motifs is 1. The number of nitrogen functional groups attached to an aromatic ring is 1. The summed E-state index contributed by atoms with van der Waals surface area (Å²) in [7, 11) is 0. The second-order valence-corrected chi connectivity index (χ2v) is 5.71. The maximum atomic E-state index is 14.3. The van der Waals surface area contributed by atoms with Crippen molar-refractivity contribution in [3.8, 4) is 0 Å². The molecule has 4 N–H and O–H groups in total. The minimum Gasteiger partial charge on any atom is -0.398 e. The van der Waals surface area contributed by atoms with E-state index in [-0.39, 0.29) is 23.4 Å². The van der Waals surface area contributed by atoms with Crippen LogP contribution in [0.4, 0.5) is 15.8 Å². The zero-order chi connectivity index (χ0) is 15.0. The molecule has 0 aromatic heterocycles. The molecule has 3 rings (SSSR count). The van der Waals surface area contributed by atoms with Gasteiger partial charge in [-0.2, -0.15) is 0 Å². The van der Waals surface area contributed by atoms with Crippen LogP contribution in [0, 0.1) is 5.82 Å². The summed E-state index contributed by atoms with van der Waals surface area (Å²) in [4.78, 5) is 13.4. The standard InChI is InChI=1S/C15H20FN3O2/c16-10-8-11(17)9(15(18)20)7-13(10)19-5-6-21-14-4-2-1-3-12(14)19/h7-8,12,14H,1-6,17H2,(H2,18,20). The number of hydrogen-bond donors (Lipinski definition) is 2. The summed E-state index contributed by atoms with van der Waals surface area (Å²) < 4.78 is 20.1. The molecule has 1 heterocycles. The lowest BCUT2D eigenvalue weighted by Gasteiger charge is -2.45. The number of anilines is 2. The van der Waals surface area contributed by atoms with Gasteiger partial charge in [0, 0.05) is 12.2 Å². The highest BCUT2D eigenvalue weighted by Gasteiger charge is 2.35. The van der Waals surface area contributed by atoms with E-state index in [1.165, 1.54) is 12.1 Å². The summed E-state index contributed by atoms with van der Waals surface area (Å²) in [6.07, 6.45) is 4.37. The maximum absolute atomic E-state index is 14.3. The van der Waals surface area contributed by atoms with Crippen LogP contribution in [0.3, 0.4) is 0 Å². The Bertz CT molecular complexity index is 562. The van der Waals surface area contributed by atoms with Crippen molar-refractivity contribution in [1.82, 2.24) is 0 Å². The number of rotatable bonds is 2. The van der Waals surface area contributed by atoms with Crippen LogP contribution in [-0.4, -0.2) is 31.2 Å². The summed E-state index contributed by atoms with van der Waals surface area (Å²) in [5, 5.41) is 0. The van der Waals surface area contributed by atoms with Crippen LogP contribution >= 0.6 is 0 Å². The molecule has 1 aromatic carbocycles. The number of benzene rings is 1. The summed E-state index contributed by atoms with van der Waals surface area (Å²) in [5.41, 5.74) is 11.6. The highest BCUT2D eigenvalue weighted by molar-refractivity contribution is 5.99. The quantitative estimate of drug-likeness (QED) is 0.812. The van der Waals surface area contributed by atoms with Gasteiger partial charge in [0.1, 0.15) is 5.82 Å². The first-order valence-electron chi connectivity index (χ1n) is 7.35. The third-order valence-corrected chi connectivity index (χ3v) is 4.43. The molecule has 1 aliphatic carbocycles. The largest absolute Gasteiger partial charge is 0.398 e. The van der Waals surface area contributed by atoms with Gasteiger partial charge < -0.3 is 21.1 Å². The summed E-state index contributed by atoms with van der Waals surface area (Å²) in [6, 6.07) is 2.82. The average molecular weight is 293 g/mol. The molecule has 2 aliphatic rings. The molecular formula is C15H20FN3O2. The van der Waals surface area contributed by atoms with Gasteiger partial charge in [-0.05, 0) is 25.0 Å². The predicted octanol–water partition coefficient (Wildman–Crippen LogP) is 1.65. The maximum Gasteiger partial charge on any atom is 0.250 e. The number of carbonyl (C=O) groups is 1. The number of nitrogens with zero attached hydrogens (tertiary/aromatic N) is 1. The van der Waals surface area contributed by atoms with E-state index in [1.807, 2.05) is 4.90 Å². The van der Waals surface area contributed by atoms with Gasteiger partial charge in [0.2, 0.25) is 0 Å². The van der Waals surface area contributed by atoms with E-state index in [4.69, 9.17) is 16.2 Å². The van der Waals surface area contributed by atoms with Gasteiger partial charge in [0.15, 0.2) is 0 Å². The van der Waals surface area contributed by atoms with E-state index in [2.05, 4.69) is 0 Å². The molecule has 114 valence electrons. The Morgan fingerprint density at radius 2 is 2.10 bits per heavy atom. The molecule has 5 nitrogen and oxygen atoms in total. The third kappa shape index (κ3) is 2.55. The number of primary amides is 1. The average Bonchev–Trinajstić information content (AvgIpc) is 2.46. The van der Waals surface area contributed by atoms with Gasteiger partial charge in [-0.3, -0.25) is 4.79 Å². The fourth-order valence-corrected chi connectivity index (χ4v) is 3.41. The SMILES string of the molecule is NC(=O)c1cc(N2CCOC3CCCCC32)c(F)cc1N. The smallest absolute Gasteiger partial charge is 0.250 e. The minimum atomic E-state index is -0.637. The summed E-state index contributed by atoms with van der Waals surface area (Å²) >= 11 is 0. The fraction of sp³-hybridized carbons (Fsp3) is 0.533. The Morgan fingerprint density at radius 3 is 2.86 bits per heavy atom. The van der Waals surface area contributed by atoms with Crippen molar-refractivity contribution < 1.29 is 13.9 Å². The van der Waals surface area contributed by atoms with Gasteiger partial charge in [-0.15, -0.1) is 0 Å². The fourth-order valence-electron chi connectivity index (χ4n) is 3.41. The zero-order valence-corrected chi connectivity index (χ0v) is 11.8. The van der Waals surface area contributed by atoms with Crippen molar-refractivity contribution in [3.63, 3.8) is 0 Å². The summed E-state index contributed by atoms with van der Waals surface area (Å²) in [5.74, 6) is -1.05. The highest BCUT2D eigenvalue weighted by Crippen LogP contribution is 2.34. The molecule has 1 saturated carbocycles. The van der Waals surface area contributed by atoms with Gasteiger partial charge >= 0.3 is 0 Å². The lowest BCUT2D eigenvalue weighted by Crippen LogP contribution is -2.53. The molecule has 2 unspecified atom stereocenters. The van der Waals surface area contributed by atoms with Gasteiger partial charge in [-0.1, -0.05) is 12.8 Å². The molecule has 1 aliphatic heterocycles. The van der Waals surface area contributed by atoms with E-state index in [0.29, 0.717) is 18.8 Å². The van der Waals surface area contributed by atoms with E-state index < -0.39 is 11.7 Å². The molecule has 1 amide bonds. The van der Waals surface area contributed by atoms with Crippen molar-refractivity contribution in [3.05, 3.63) is 23.5 Å².